The lowest BCUT2D eigenvalue weighted by Crippen LogP contribution is -2.01. The van der Waals surface area contributed by atoms with Crippen LogP contribution in [0.5, 0.6) is 17.5 Å². The highest BCUT2D eigenvalue weighted by Crippen LogP contribution is 2.26. The summed E-state index contributed by atoms with van der Waals surface area (Å²) in [5.41, 5.74) is 0.397. The highest BCUT2D eigenvalue weighted by Gasteiger charge is 2.08. The Bertz CT molecular complexity index is 671. The molecule has 0 radical (unpaired) electrons. The van der Waals surface area contributed by atoms with Crippen LogP contribution < -0.4 is 14.8 Å². The first-order valence-corrected chi connectivity index (χ1v) is 5.88. The van der Waals surface area contributed by atoms with Gasteiger partial charge in [-0.1, -0.05) is 0 Å². The molecule has 0 saturated carbocycles. The van der Waals surface area contributed by atoms with Crippen LogP contribution in [0, 0.1) is 11.3 Å². The van der Waals surface area contributed by atoms with Gasteiger partial charge in [0.1, 0.15) is 11.5 Å². The molecular weight excluding hydrogens is 282 g/mol. The summed E-state index contributed by atoms with van der Waals surface area (Å²) in [6, 6.07) is 6.77. The van der Waals surface area contributed by atoms with Gasteiger partial charge in [0, 0.05) is 13.1 Å². The summed E-state index contributed by atoms with van der Waals surface area (Å²) >= 11 is 5.75. The number of rotatable bonds is 4. The first kappa shape index (κ1) is 13.8. The second-order valence-electron chi connectivity index (χ2n) is 3.57. The van der Waals surface area contributed by atoms with Crippen LogP contribution in [-0.4, -0.2) is 29.1 Å². The van der Waals surface area contributed by atoms with E-state index in [2.05, 4.69) is 20.3 Å². The molecule has 0 spiro atoms. The SMILES string of the molecule is CNc1nc(Cl)nc(Oc2cc(C#N)cc(OC)c2)n1. The zero-order valence-electron chi connectivity index (χ0n) is 10.7. The lowest BCUT2D eigenvalue weighted by Gasteiger charge is -2.07. The Hall–Kier alpha value is -2.59. The molecule has 0 unspecified atom stereocenters. The van der Waals surface area contributed by atoms with Crippen LogP contribution in [0.15, 0.2) is 18.2 Å². The van der Waals surface area contributed by atoms with Gasteiger partial charge in [-0.2, -0.15) is 20.2 Å². The fourth-order valence-electron chi connectivity index (χ4n) is 1.41. The number of aromatic nitrogens is 3. The number of methoxy groups -OCH3 is 1. The number of anilines is 1. The van der Waals surface area contributed by atoms with Crippen molar-refractivity contribution in [2.24, 2.45) is 0 Å². The molecule has 8 heteroatoms. The molecule has 0 saturated heterocycles. The summed E-state index contributed by atoms with van der Waals surface area (Å²) in [5, 5.41) is 11.7. The maximum Gasteiger partial charge on any atom is 0.328 e. The molecule has 0 fully saturated rings. The summed E-state index contributed by atoms with van der Waals surface area (Å²) in [4.78, 5) is 11.7. The van der Waals surface area contributed by atoms with Crippen molar-refractivity contribution in [2.75, 3.05) is 19.5 Å². The third-order valence-corrected chi connectivity index (χ3v) is 2.43. The Kier molecular flexibility index (Phi) is 4.17. The third kappa shape index (κ3) is 3.24. The molecule has 2 aromatic rings. The quantitative estimate of drug-likeness (QED) is 0.923. The Morgan fingerprint density at radius 1 is 1.20 bits per heavy atom. The molecule has 0 aliphatic heterocycles. The minimum absolute atomic E-state index is 0.00255. The first-order chi connectivity index (χ1) is 9.64. The van der Waals surface area contributed by atoms with Crippen LogP contribution in [0.2, 0.25) is 5.28 Å². The number of nitriles is 1. The minimum atomic E-state index is 0.00255. The minimum Gasteiger partial charge on any atom is -0.497 e. The van der Waals surface area contributed by atoms with Gasteiger partial charge in [0.15, 0.2) is 0 Å². The second kappa shape index (κ2) is 6.04. The van der Waals surface area contributed by atoms with E-state index in [1.54, 1.807) is 25.2 Å². The highest BCUT2D eigenvalue weighted by atomic mass is 35.5. The average Bonchev–Trinajstić information content (AvgIpc) is 2.46. The summed E-state index contributed by atoms with van der Waals surface area (Å²) < 4.78 is 10.5. The van der Waals surface area contributed by atoms with Crippen molar-refractivity contribution in [2.45, 2.75) is 0 Å². The van der Waals surface area contributed by atoms with Crippen molar-refractivity contribution < 1.29 is 9.47 Å². The number of ether oxygens (including phenoxy) is 2. The standard InChI is InChI=1S/C12H10ClN5O2/c1-15-11-16-10(13)17-12(18-11)20-9-4-7(6-14)3-8(5-9)19-2/h3-5H,1-2H3,(H,15,16,17,18). The van der Waals surface area contributed by atoms with Gasteiger partial charge in [0.2, 0.25) is 11.2 Å². The Morgan fingerprint density at radius 2 is 1.95 bits per heavy atom. The van der Waals surface area contributed by atoms with E-state index in [0.717, 1.165) is 0 Å². The smallest absolute Gasteiger partial charge is 0.328 e. The van der Waals surface area contributed by atoms with Crippen LogP contribution in [0.25, 0.3) is 0 Å². The highest BCUT2D eigenvalue weighted by molar-refractivity contribution is 6.28. The molecule has 0 atom stereocenters. The van der Waals surface area contributed by atoms with Crippen molar-refractivity contribution in [3.05, 3.63) is 29.0 Å². The zero-order valence-corrected chi connectivity index (χ0v) is 11.5. The molecule has 0 aliphatic carbocycles. The number of halogens is 1. The van der Waals surface area contributed by atoms with Gasteiger partial charge in [0.25, 0.3) is 0 Å². The molecule has 1 aromatic carbocycles. The van der Waals surface area contributed by atoms with Gasteiger partial charge in [-0.05, 0) is 23.7 Å². The summed E-state index contributed by atoms with van der Waals surface area (Å²) in [6.45, 7) is 0. The topological polar surface area (TPSA) is 93.0 Å². The lowest BCUT2D eigenvalue weighted by molar-refractivity contribution is 0.404. The molecule has 20 heavy (non-hydrogen) atoms. The van der Waals surface area contributed by atoms with Crippen molar-refractivity contribution in [1.29, 1.82) is 5.26 Å². The van der Waals surface area contributed by atoms with E-state index in [9.17, 15) is 0 Å². The van der Waals surface area contributed by atoms with E-state index in [4.69, 9.17) is 26.3 Å². The summed E-state index contributed by atoms with van der Waals surface area (Å²) in [5.74, 6) is 1.14. The molecule has 0 bridgehead atoms. The number of nitrogens with one attached hydrogen (secondary N) is 1. The van der Waals surface area contributed by atoms with Gasteiger partial charge in [0.05, 0.1) is 18.7 Å². The van der Waals surface area contributed by atoms with Crippen LogP contribution in [0.1, 0.15) is 5.56 Å². The summed E-state index contributed by atoms with van der Waals surface area (Å²) in [6.07, 6.45) is 0. The lowest BCUT2D eigenvalue weighted by atomic mass is 10.2. The van der Waals surface area contributed by atoms with E-state index >= 15 is 0 Å². The molecule has 0 amide bonds. The number of nitrogens with zero attached hydrogens (tertiary/aromatic N) is 4. The normalized spacial score (nSPS) is 9.70. The molecule has 0 aliphatic rings. The van der Waals surface area contributed by atoms with E-state index in [-0.39, 0.29) is 17.2 Å². The molecule has 7 nitrogen and oxygen atoms in total. The van der Waals surface area contributed by atoms with Crippen molar-refractivity contribution >= 4 is 17.5 Å². The first-order valence-electron chi connectivity index (χ1n) is 5.51. The molecule has 1 heterocycles. The van der Waals surface area contributed by atoms with Crippen LogP contribution >= 0.6 is 11.6 Å². The zero-order chi connectivity index (χ0) is 14.5. The third-order valence-electron chi connectivity index (χ3n) is 2.27. The molecule has 102 valence electrons. The van der Waals surface area contributed by atoms with Crippen LogP contribution in [-0.2, 0) is 0 Å². The number of hydrogen-bond donors (Lipinski definition) is 1. The molecule has 1 N–H and O–H groups in total. The van der Waals surface area contributed by atoms with Crippen molar-refractivity contribution in [1.82, 2.24) is 15.0 Å². The van der Waals surface area contributed by atoms with Gasteiger partial charge in [-0.3, -0.25) is 0 Å². The average molecular weight is 292 g/mol. The predicted molar refractivity (Wildman–Crippen MR) is 72.2 cm³/mol. The van der Waals surface area contributed by atoms with Gasteiger partial charge >= 0.3 is 6.01 Å². The van der Waals surface area contributed by atoms with Gasteiger partial charge in [-0.25, -0.2) is 0 Å². The van der Waals surface area contributed by atoms with Crippen LogP contribution in [0.3, 0.4) is 0 Å². The molecular formula is C12H10ClN5O2. The maximum absolute atomic E-state index is 8.94. The second-order valence-corrected chi connectivity index (χ2v) is 3.91. The van der Waals surface area contributed by atoms with E-state index in [1.807, 2.05) is 6.07 Å². The maximum atomic E-state index is 8.94. The van der Waals surface area contributed by atoms with E-state index in [1.165, 1.54) is 7.11 Å². The Labute approximate surface area is 120 Å². The Balaban J connectivity index is 2.34. The van der Waals surface area contributed by atoms with Gasteiger partial charge in [-0.15, -0.1) is 0 Å². The summed E-state index contributed by atoms with van der Waals surface area (Å²) in [7, 11) is 3.15. The van der Waals surface area contributed by atoms with Gasteiger partial charge < -0.3 is 14.8 Å². The van der Waals surface area contributed by atoms with Crippen molar-refractivity contribution in [3.8, 4) is 23.6 Å². The van der Waals surface area contributed by atoms with E-state index in [0.29, 0.717) is 17.1 Å². The fourth-order valence-corrected chi connectivity index (χ4v) is 1.56. The fraction of sp³-hybridized carbons (Fsp3) is 0.167. The number of hydrogen-bond acceptors (Lipinski definition) is 7. The molecule has 1 aromatic heterocycles. The van der Waals surface area contributed by atoms with E-state index < -0.39 is 0 Å². The van der Waals surface area contributed by atoms with Crippen molar-refractivity contribution in [3.63, 3.8) is 0 Å². The molecule has 2 rings (SSSR count). The number of benzene rings is 1. The largest absolute Gasteiger partial charge is 0.497 e. The monoisotopic (exact) mass is 291 g/mol. The van der Waals surface area contributed by atoms with Crippen LogP contribution in [0.4, 0.5) is 5.95 Å². The predicted octanol–water partition coefficient (Wildman–Crippen LogP) is 2.24. The Morgan fingerprint density at radius 3 is 2.60 bits per heavy atom.